The van der Waals surface area contributed by atoms with Gasteiger partial charge >= 0.3 is 0 Å². The highest BCUT2D eigenvalue weighted by Gasteiger charge is 2.36. The third kappa shape index (κ3) is 4.57. The minimum absolute atomic E-state index is 0.114. The predicted octanol–water partition coefficient (Wildman–Crippen LogP) is 1.19. The Kier molecular flexibility index (Phi) is 5.78. The van der Waals surface area contributed by atoms with Gasteiger partial charge in [0.2, 0.25) is 5.91 Å². The quantitative estimate of drug-likeness (QED) is 0.598. The monoisotopic (exact) mass is 336 g/mol. The molecule has 1 aliphatic rings. The molecule has 1 heterocycles. The van der Waals surface area contributed by atoms with E-state index < -0.39 is 17.1 Å². The van der Waals surface area contributed by atoms with Crippen molar-refractivity contribution >= 4 is 34.9 Å². The highest BCUT2D eigenvalue weighted by atomic mass is 32.2. The van der Waals surface area contributed by atoms with Crippen LogP contribution in [-0.2, 0) is 14.3 Å². The van der Waals surface area contributed by atoms with Crippen LogP contribution in [0.1, 0.15) is 5.56 Å². The van der Waals surface area contributed by atoms with Crippen LogP contribution in [0.3, 0.4) is 0 Å². The Morgan fingerprint density at radius 2 is 2.04 bits per heavy atom. The number of rotatable bonds is 6. The third-order valence-electron chi connectivity index (χ3n) is 2.99. The van der Waals surface area contributed by atoms with Gasteiger partial charge in [-0.3, -0.25) is 19.3 Å². The molecule has 0 unspecified atom stereocenters. The largest absolute Gasteiger partial charge is 0.508 e. The number of phenols is 1. The highest BCUT2D eigenvalue weighted by molar-refractivity contribution is 8.18. The Labute approximate surface area is 137 Å². The Hall–Kier alpha value is -2.32. The lowest BCUT2D eigenvalue weighted by Crippen LogP contribution is -2.40. The second-order valence-electron chi connectivity index (χ2n) is 4.70. The van der Waals surface area contributed by atoms with Gasteiger partial charge in [-0.1, -0.05) is 12.1 Å². The number of phenolic OH excluding ortho intramolecular Hbond substituents is 1. The fraction of sp³-hybridized carbons (Fsp3) is 0.267. The standard InChI is InChI=1S/C15H16N2O5S/c1-22-7-6-16-13(19)9-17-14(20)12(23-15(17)21)8-10-2-4-11(18)5-3-10/h2-5,8,18H,6-7,9H2,1H3,(H,16,19)/b12-8-. The van der Waals surface area contributed by atoms with E-state index in [1.165, 1.54) is 19.2 Å². The molecule has 7 nitrogen and oxygen atoms in total. The molecule has 8 heteroatoms. The van der Waals surface area contributed by atoms with Crippen LogP contribution in [0.15, 0.2) is 29.2 Å². The maximum absolute atomic E-state index is 12.2. The third-order valence-corrected chi connectivity index (χ3v) is 3.90. The van der Waals surface area contributed by atoms with Crippen LogP contribution in [-0.4, -0.2) is 53.9 Å². The molecular weight excluding hydrogens is 320 g/mol. The van der Waals surface area contributed by atoms with Crippen LogP contribution in [0.4, 0.5) is 4.79 Å². The van der Waals surface area contributed by atoms with E-state index in [0.29, 0.717) is 18.7 Å². The topological polar surface area (TPSA) is 95.9 Å². The molecule has 1 aliphatic heterocycles. The van der Waals surface area contributed by atoms with Crippen molar-refractivity contribution in [2.75, 3.05) is 26.8 Å². The summed E-state index contributed by atoms with van der Waals surface area (Å²) >= 11 is 0.783. The molecule has 0 saturated carbocycles. The van der Waals surface area contributed by atoms with Crippen molar-refractivity contribution in [3.05, 3.63) is 34.7 Å². The summed E-state index contributed by atoms with van der Waals surface area (Å²) in [7, 11) is 1.51. The number of nitrogens with zero attached hydrogens (tertiary/aromatic N) is 1. The first-order valence-corrected chi connectivity index (χ1v) is 7.63. The molecule has 1 aromatic rings. The Morgan fingerprint density at radius 3 is 2.70 bits per heavy atom. The Morgan fingerprint density at radius 1 is 1.35 bits per heavy atom. The van der Waals surface area contributed by atoms with Crippen molar-refractivity contribution in [2.45, 2.75) is 0 Å². The molecule has 122 valence electrons. The Balaban J connectivity index is 2.02. The van der Waals surface area contributed by atoms with Crippen molar-refractivity contribution in [1.82, 2.24) is 10.2 Å². The number of carbonyl (C=O) groups excluding carboxylic acids is 3. The molecule has 0 bridgehead atoms. The van der Waals surface area contributed by atoms with Crippen molar-refractivity contribution < 1.29 is 24.2 Å². The first-order valence-electron chi connectivity index (χ1n) is 6.81. The molecule has 1 fully saturated rings. The number of ether oxygens (including phenoxy) is 1. The highest BCUT2D eigenvalue weighted by Crippen LogP contribution is 2.32. The van der Waals surface area contributed by atoms with E-state index in [0.717, 1.165) is 16.7 Å². The molecule has 3 amide bonds. The SMILES string of the molecule is COCCNC(=O)CN1C(=O)S/C(=C\c2ccc(O)cc2)C1=O. The lowest BCUT2D eigenvalue weighted by molar-refractivity contribution is -0.129. The maximum atomic E-state index is 12.2. The Bertz CT molecular complexity index is 642. The number of aromatic hydroxyl groups is 1. The molecule has 1 aromatic carbocycles. The number of nitrogens with one attached hydrogen (secondary N) is 1. The van der Waals surface area contributed by atoms with E-state index in [-0.39, 0.29) is 17.2 Å². The number of carbonyl (C=O) groups is 3. The number of hydrogen-bond donors (Lipinski definition) is 2. The average Bonchev–Trinajstić information content (AvgIpc) is 2.77. The lowest BCUT2D eigenvalue weighted by Gasteiger charge is -2.12. The van der Waals surface area contributed by atoms with Gasteiger partial charge in [-0.25, -0.2) is 0 Å². The van der Waals surface area contributed by atoms with Gasteiger partial charge < -0.3 is 15.2 Å². The van der Waals surface area contributed by atoms with Crippen LogP contribution in [0.2, 0.25) is 0 Å². The summed E-state index contributed by atoms with van der Waals surface area (Å²) < 4.78 is 4.80. The van der Waals surface area contributed by atoms with Crippen molar-refractivity contribution in [2.24, 2.45) is 0 Å². The molecule has 2 N–H and O–H groups in total. The van der Waals surface area contributed by atoms with E-state index in [9.17, 15) is 19.5 Å². The normalized spacial score (nSPS) is 16.2. The lowest BCUT2D eigenvalue weighted by atomic mass is 10.2. The van der Waals surface area contributed by atoms with Gasteiger partial charge in [-0.2, -0.15) is 0 Å². The van der Waals surface area contributed by atoms with Crippen molar-refractivity contribution in [3.63, 3.8) is 0 Å². The fourth-order valence-corrected chi connectivity index (χ4v) is 2.69. The van der Waals surface area contributed by atoms with Gasteiger partial charge in [-0.15, -0.1) is 0 Å². The minimum atomic E-state index is -0.505. The van der Waals surface area contributed by atoms with Gasteiger partial charge in [0.15, 0.2) is 0 Å². The number of methoxy groups -OCH3 is 1. The molecule has 23 heavy (non-hydrogen) atoms. The smallest absolute Gasteiger partial charge is 0.294 e. The first kappa shape index (κ1) is 17.0. The van der Waals surface area contributed by atoms with E-state index in [2.05, 4.69) is 5.32 Å². The number of thioether (sulfide) groups is 1. The molecule has 0 spiro atoms. The second-order valence-corrected chi connectivity index (χ2v) is 5.70. The summed E-state index contributed by atoms with van der Waals surface area (Å²) in [5, 5.41) is 11.3. The van der Waals surface area contributed by atoms with Crippen molar-refractivity contribution in [1.29, 1.82) is 0 Å². The number of benzene rings is 1. The zero-order valence-electron chi connectivity index (χ0n) is 12.4. The van der Waals surface area contributed by atoms with E-state index in [4.69, 9.17) is 4.74 Å². The molecule has 1 saturated heterocycles. The molecule has 0 aliphatic carbocycles. The average molecular weight is 336 g/mol. The van der Waals surface area contributed by atoms with Gasteiger partial charge in [0.05, 0.1) is 11.5 Å². The van der Waals surface area contributed by atoms with Crippen LogP contribution in [0.25, 0.3) is 6.08 Å². The van der Waals surface area contributed by atoms with Gasteiger partial charge in [0.1, 0.15) is 12.3 Å². The van der Waals surface area contributed by atoms with Crippen LogP contribution >= 0.6 is 11.8 Å². The van der Waals surface area contributed by atoms with E-state index in [1.54, 1.807) is 18.2 Å². The van der Waals surface area contributed by atoms with Gasteiger partial charge in [0.25, 0.3) is 11.1 Å². The summed E-state index contributed by atoms with van der Waals surface area (Å²) in [4.78, 5) is 36.9. The molecular formula is C15H16N2O5S. The summed E-state index contributed by atoms with van der Waals surface area (Å²) in [5.41, 5.74) is 0.679. The summed E-state index contributed by atoms with van der Waals surface area (Å²) in [5.74, 6) is -0.812. The minimum Gasteiger partial charge on any atom is -0.508 e. The van der Waals surface area contributed by atoms with E-state index >= 15 is 0 Å². The zero-order valence-corrected chi connectivity index (χ0v) is 13.3. The number of amides is 3. The second kappa shape index (κ2) is 7.80. The van der Waals surface area contributed by atoms with Crippen molar-refractivity contribution in [3.8, 4) is 5.75 Å². The number of imide groups is 1. The van der Waals surface area contributed by atoms with Crippen LogP contribution in [0.5, 0.6) is 5.75 Å². The zero-order chi connectivity index (χ0) is 16.8. The fourth-order valence-electron chi connectivity index (χ4n) is 1.85. The molecule has 0 radical (unpaired) electrons. The van der Waals surface area contributed by atoms with Gasteiger partial charge in [-0.05, 0) is 35.5 Å². The number of hydrogen-bond acceptors (Lipinski definition) is 6. The predicted molar refractivity (Wildman–Crippen MR) is 85.7 cm³/mol. The summed E-state index contributed by atoms with van der Waals surface area (Å²) in [6.07, 6.45) is 1.55. The summed E-state index contributed by atoms with van der Waals surface area (Å²) in [6.45, 7) is 0.352. The van der Waals surface area contributed by atoms with Crippen LogP contribution in [0, 0.1) is 0 Å². The maximum Gasteiger partial charge on any atom is 0.294 e. The van der Waals surface area contributed by atoms with Gasteiger partial charge in [0, 0.05) is 13.7 Å². The molecule has 0 atom stereocenters. The molecule has 2 rings (SSSR count). The first-order chi connectivity index (χ1) is 11.0. The van der Waals surface area contributed by atoms with E-state index in [1.807, 2.05) is 0 Å². The van der Waals surface area contributed by atoms with Crippen LogP contribution < -0.4 is 5.32 Å². The summed E-state index contributed by atoms with van der Waals surface area (Å²) in [6, 6.07) is 6.22. The molecule has 0 aromatic heterocycles.